The molecule has 4 nitrogen and oxygen atoms in total. The van der Waals surface area contributed by atoms with Gasteiger partial charge in [-0.3, -0.25) is 4.79 Å². The molecule has 0 heterocycles. The van der Waals surface area contributed by atoms with Gasteiger partial charge in [-0.15, -0.1) is 0 Å². The van der Waals surface area contributed by atoms with Gasteiger partial charge < -0.3 is 15.5 Å². The van der Waals surface area contributed by atoms with Gasteiger partial charge in [0.1, 0.15) is 0 Å². The molecule has 0 saturated carbocycles. The zero-order valence-electron chi connectivity index (χ0n) is 22.8. The molecule has 0 aliphatic rings. The van der Waals surface area contributed by atoms with Gasteiger partial charge in [-0.25, -0.2) is 0 Å². The van der Waals surface area contributed by atoms with Gasteiger partial charge in [0.25, 0.3) is 0 Å². The molecule has 0 aromatic carbocycles. The summed E-state index contributed by atoms with van der Waals surface area (Å²) in [7, 11) is 0. The number of allylic oxidation sites excluding steroid dienone is 7. The Morgan fingerprint density at radius 3 is 1.71 bits per heavy atom. The van der Waals surface area contributed by atoms with E-state index in [1.54, 1.807) is 6.08 Å². The van der Waals surface area contributed by atoms with E-state index >= 15 is 0 Å². The predicted molar refractivity (Wildman–Crippen MR) is 151 cm³/mol. The number of aliphatic hydroxyl groups is 2. The Labute approximate surface area is 216 Å². The van der Waals surface area contributed by atoms with E-state index in [1.165, 1.54) is 51.4 Å². The largest absolute Gasteiger partial charge is 0.394 e. The standard InChI is InChI=1S/C31H55NO3/c1-3-5-7-9-11-13-15-16-17-18-20-22-24-26-30(34)29(28-33)32-31(35)27-25-23-21-19-14-12-10-8-6-4-2/h10-13,17-18,24,26,29-30,33-34H,3-9,14-16,19-23,25,27-28H2,1-2H3,(H,32,35)/b12-10-,13-11+,18-17+,26-24+. The molecule has 1 amide bonds. The third-order valence-corrected chi connectivity index (χ3v) is 6.01. The molecule has 3 N–H and O–H groups in total. The number of hydrogen-bond acceptors (Lipinski definition) is 3. The van der Waals surface area contributed by atoms with E-state index in [9.17, 15) is 15.0 Å². The van der Waals surface area contributed by atoms with Crippen LogP contribution in [0.5, 0.6) is 0 Å². The van der Waals surface area contributed by atoms with Gasteiger partial charge in [0.2, 0.25) is 5.91 Å². The Balaban J connectivity index is 3.85. The maximum absolute atomic E-state index is 12.2. The van der Waals surface area contributed by atoms with Crippen molar-refractivity contribution in [2.75, 3.05) is 6.61 Å². The molecular formula is C31H55NO3. The van der Waals surface area contributed by atoms with Crippen molar-refractivity contribution in [2.45, 2.75) is 135 Å². The molecule has 0 aromatic heterocycles. The summed E-state index contributed by atoms with van der Waals surface area (Å²) >= 11 is 0. The lowest BCUT2D eigenvalue weighted by atomic mass is 10.1. The van der Waals surface area contributed by atoms with Crippen molar-refractivity contribution in [1.29, 1.82) is 0 Å². The summed E-state index contributed by atoms with van der Waals surface area (Å²) in [5, 5.41) is 22.6. The Kier molecular flexibility index (Phi) is 25.7. The van der Waals surface area contributed by atoms with Gasteiger partial charge >= 0.3 is 0 Å². The van der Waals surface area contributed by atoms with Crippen LogP contribution in [-0.4, -0.2) is 34.9 Å². The summed E-state index contributed by atoms with van der Waals surface area (Å²) in [5.74, 6) is -0.0988. The minimum Gasteiger partial charge on any atom is -0.394 e. The molecule has 35 heavy (non-hydrogen) atoms. The topological polar surface area (TPSA) is 69.6 Å². The van der Waals surface area contributed by atoms with Crippen molar-refractivity contribution >= 4 is 5.91 Å². The molecule has 202 valence electrons. The minimum atomic E-state index is -0.870. The smallest absolute Gasteiger partial charge is 0.220 e. The predicted octanol–water partition coefficient (Wildman–Crippen LogP) is 7.72. The number of rotatable bonds is 24. The van der Waals surface area contributed by atoms with Crippen molar-refractivity contribution in [2.24, 2.45) is 0 Å². The fourth-order valence-corrected chi connectivity index (χ4v) is 3.72. The third-order valence-electron chi connectivity index (χ3n) is 6.01. The summed E-state index contributed by atoms with van der Waals surface area (Å²) in [5.41, 5.74) is 0. The fraction of sp³-hybridized carbons (Fsp3) is 0.710. The van der Waals surface area contributed by atoms with E-state index in [0.29, 0.717) is 6.42 Å². The Morgan fingerprint density at radius 1 is 0.657 bits per heavy atom. The van der Waals surface area contributed by atoms with Crippen molar-refractivity contribution in [3.8, 4) is 0 Å². The number of aliphatic hydroxyl groups excluding tert-OH is 2. The van der Waals surface area contributed by atoms with E-state index in [4.69, 9.17) is 0 Å². The Morgan fingerprint density at radius 2 is 1.14 bits per heavy atom. The van der Waals surface area contributed by atoms with Crippen LogP contribution in [0.15, 0.2) is 48.6 Å². The molecule has 0 bridgehead atoms. The highest BCUT2D eigenvalue weighted by Crippen LogP contribution is 2.08. The number of unbranched alkanes of at least 4 members (excludes halogenated alkanes) is 11. The molecule has 2 unspecified atom stereocenters. The highest BCUT2D eigenvalue weighted by atomic mass is 16.3. The minimum absolute atomic E-state index is 0.0988. The van der Waals surface area contributed by atoms with E-state index in [0.717, 1.165) is 51.4 Å². The average Bonchev–Trinajstić information content (AvgIpc) is 2.86. The Hall–Kier alpha value is -1.65. The zero-order chi connectivity index (χ0) is 25.8. The van der Waals surface area contributed by atoms with E-state index in [1.807, 2.05) is 6.08 Å². The number of carbonyl (C=O) groups is 1. The molecule has 0 aliphatic carbocycles. The van der Waals surface area contributed by atoms with Crippen LogP contribution in [0.2, 0.25) is 0 Å². The molecule has 4 heteroatoms. The maximum Gasteiger partial charge on any atom is 0.220 e. The monoisotopic (exact) mass is 489 g/mol. The second-order valence-electron chi connectivity index (χ2n) is 9.44. The van der Waals surface area contributed by atoms with Gasteiger partial charge in [-0.1, -0.05) is 101 Å². The first-order valence-corrected chi connectivity index (χ1v) is 14.4. The van der Waals surface area contributed by atoms with Crippen LogP contribution in [-0.2, 0) is 4.79 Å². The lowest BCUT2D eigenvalue weighted by molar-refractivity contribution is -0.123. The highest BCUT2D eigenvalue weighted by Gasteiger charge is 2.17. The van der Waals surface area contributed by atoms with Crippen LogP contribution >= 0.6 is 0 Å². The number of amides is 1. The van der Waals surface area contributed by atoms with Crippen molar-refractivity contribution in [3.63, 3.8) is 0 Å². The van der Waals surface area contributed by atoms with Crippen molar-refractivity contribution < 1.29 is 15.0 Å². The van der Waals surface area contributed by atoms with Gasteiger partial charge in [0.05, 0.1) is 18.8 Å². The lowest BCUT2D eigenvalue weighted by Crippen LogP contribution is -2.45. The summed E-state index contributed by atoms with van der Waals surface area (Å²) in [6, 6.07) is -0.647. The molecule has 2 atom stereocenters. The van der Waals surface area contributed by atoms with E-state index in [2.05, 4.69) is 55.6 Å². The molecule has 0 fully saturated rings. The first-order chi connectivity index (χ1) is 17.2. The molecule has 0 aromatic rings. The molecule has 0 spiro atoms. The Bertz CT molecular complexity index is 580. The van der Waals surface area contributed by atoms with E-state index in [-0.39, 0.29) is 12.5 Å². The van der Waals surface area contributed by atoms with Gasteiger partial charge in [0.15, 0.2) is 0 Å². The average molecular weight is 490 g/mol. The molecule has 0 aliphatic heterocycles. The van der Waals surface area contributed by atoms with Crippen LogP contribution in [0.1, 0.15) is 123 Å². The molecule has 0 radical (unpaired) electrons. The molecule has 0 saturated heterocycles. The maximum atomic E-state index is 12.2. The summed E-state index contributed by atoms with van der Waals surface area (Å²) in [6.07, 6.45) is 34.6. The van der Waals surface area contributed by atoms with Crippen LogP contribution < -0.4 is 5.32 Å². The summed E-state index contributed by atoms with van der Waals surface area (Å²) < 4.78 is 0. The van der Waals surface area contributed by atoms with Gasteiger partial charge in [0, 0.05) is 6.42 Å². The number of hydrogen-bond donors (Lipinski definition) is 3. The first kappa shape index (κ1) is 33.4. The van der Waals surface area contributed by atoms with Crippen LogP contribution in [0, 0.1) is 0 Å². The molecule has 0 rings (SSSR count). The third kappa shape index (κ3) is 23.8. The number of carbonyl (C=O) groups excluding carboxylic acids is 1. The lowest BCUT2D eigenvalue weighted by Gasteiger charge is -2.19. The fourth-order valence-electron chi connectivity index (χ4n) is 3.72. The first-order valence-electron chi connectivity index (χ1n) is 14.4. The van der Waals surface area contributed by atoms with E-state index < -0.39 is 12.1 Å². The van der Waals surface area contributed by atoms with Gasteiger partial charge in [-0.05, 0) is 64.2 Å². The highest BCUT2D eigenvalue weighted by molar-refractivity contribution is 5.76. The quantitative estimate of drug-likeness (QED) is 0.0960. The summed E-state index contributed by atoms with van der Waals surface area (Å²) in [4.78, 5) is 12.2. The van der Waals surface area contributed by atoms with Crippen molar-refractivity contribution in [3.05, 3.63) is 48.6 Å². The van der Waals surface area contributed by atoms with Crippen LogP contribution in [0.25, 0.3) is 0 Å². The summed E-state index contributed by atoms with van der Waals surface area (Å²) in [6.45, 7) is 4.17. The normalized spacial score (nSPS) is 14.1. The SMILES string of the molecule is CCCC/C=C\CCCCCCC(=O)NC(CO)C(O)/C=C/CC/C=C/CC/C=C/CCCCC. The van der Waals surface area contributed by atoms with Crippen LogP contribution in [0.3, 0.4) is 0 Å². The zero-order valence-corrected chi connectivity index (χ0v) is 22.8. The van der Waals surface area contributed by atoms with Gasteiger partial charge in [-0.2, -0.15) is 0 Å². The van der Waals surface area contributed by atoms with Crippen LogP contribution in [0.4, 0.5) is 0 Å². The second kappa shape index (κ2) is 26.9. The molecular weight excluding hydrogens is 434 g/mol. The second-order valence-corrected chi connectivity index (χ2v) is 9.44. The van der Waals surface area contributed by atoms with Crippen molar-refractivity contribution in [1.82, 2.24) is 5.32 Å². The number of nitrogens with one attached hydrogen (secondary N) is 1.